The zero-order chi connectivity index (χ0) is 11.3. The first-order valence-corrected chi connectivity index (χ1v) is 5.62. The Kier molecular flexibility index (Phi) is 4.39. The molecule has 0 amide bonds. The van der Waals surface area contributed by atoms with Gasteiger partial charge in [-0.1, -0.05) is 0 Å². The minimum Gasteiger partial charge on any atom is -0.479 e. The van der Waals surface area contributed by atoms with Crippen LogP contribution in [0.5, 0.6) is 5.88 Å². The smallest absolute Gasteiger partial charge is 0.316 e. The molecule has 0 aliphatic rings. The molecule has 15 heavy (non-hydrogen) atoms. The van der Waals surface area contributed by atoms with Gasteiger partial charge in [0.1, 0.15) is 15.8 Å². The van der Waals surface area contributed by atoms with E-state index in [9.17, 15) is 4.79 Å². The zero-order valence-corrected chi connectivity index (χ0v) is 9.78. The largest absolute Gasteiger partial charge is 0.479 e. The number of nitrogens with zero attached hydrogens (tertiary/aromatic N) is 2. The first-order chi connectivity index (χ1) is 7.22. The third kappa shape index (κ3) is 2.84. The molecule has 5 nitrogen and oxygen atoms in total. The van der Waals surface area contributed by atoms with Gasteiger partial charge in [-0.2, -0.15) is 9.64 Å². The summed E-state index contributed by atoms with van der Waals surface area (Å²) in [5, 5.41) is 8.85. The number of hydrogen-bond donors (Lipinski definition) is 0. The summed E-state index contributed by atoms with van der Waals surface area (Å²) >= 11 is 2.35. The van der Waals surface area contributed by atoms with Gasteiger partial charge in [0.2, 0.25) is 5.88 Å². The quantitative estimate of drug-likeness (QED) is 0.587. The maximum Gasteiger partial charge on any atom is 0.316 e. The lowest BCUT2D eigenvalue weighted by atomic mass is 10.4. The van der Waals surface area contributed by atoms with Crippen LogP contribution in [0.2, 0.25) is 0 Å². The number of ether oxygens (including phenoxy) is 2. The van der Waals surface area contributed by atoms with Gasteiger partial charge in [0.15, 0.2) is 0 Å². The van der Waals surface area contributed by atoms with E-state index in [-0.39, 0.29) is 11.7 Å². The Morgan fingerprint density at radius 3 is 2.93 bits per heavy atom. The lowest BCUT2D eigenvalue weighted by molar-refractivity contribution is -0.137. The van der Waals surface area contributed by atoms with Gasteiger partial charge < -0.3 is 9.47 Å². The minimum atomic E-state index is -0.337. The molecular formula is C8H8N2O3S2. The Hall–Kier alpha value is -1.26. The maximum absolute atomic E-state index is 10.9. The van der Waals surface area contributed by atoms with Crippen molar-refractivity contribution in [3.8, 4) is 11.9 Å². The third-order valence-corrected chi connectivity index (χ3v) is 3.53. The predicted octanol–water partition coefficient (Wildman–Crippen LogP) is 1.29. The Balaban J connectivity index is 2.74. The average Bonchev–Trinajstić information content (AvgIpc) is 2.67. The van der Waals surface area contributed by atoms with E-state index in [4.69, 9.17) is 10.00 Å². The van der Waals surface area contributed by atoms with Crippen molar-refractivity contribution in [2.75, 3.05) is 20.0 Å². The van der Waals surface area contributed by atoms with Crippen molar-refractivity contribution in [2.24, 2.45) is 0 Å². The van der Waals surface area contributed by atoms with Crippen LogP contribution in [0.15, 0.2) is 4.21 Å². The number of methoxy groups -OCH3 is 2. The Bertz CT molecular complexity index is 397. The van der Waals surface area contributed by atoms with Gasteiger partial charge in [-0.05, 0) is 11.5 Å². The summed E-state index contributed by atoms with van der Waals surface area (Å²) in [6, 6.07) is 1.99. The second-order valence-corrected chi connectivity index (χ2v) is 4.35. The van der Waals surface area contributed by atoms with E-state index in [0.717, 1.165) is 11.5 Å². The summed E-state index contributed by atoms with van der Waals surface area (Å²) in [6.07, 6.45) is 0. The fourth-order valence-corrected chi connectivity index (χ4v) is 2.48. The van der Waals surface area contributed by atoms with E-state index in [1.165, 1.54) is 26.0 Å². The molecule has 0 N–H and O–H groups in total. The molecule has 0 unspecified atom stereocenters. The van der Waals surface area contributed by atoms with Gasteiger partial charge in [-0.15, -0.1) is 11.8 Å². The van der Waals surface area contributed by atoms with Crippen molar-refractivity contribution in [2.45, 2.75) is 4.21 Å². The summed E-state index contributed by atoms with van der Waals surface area (Å²) in [5.74, 6) is 0.127. The highest BCUT2D eigenvalue weighted by Gasteiger charge is 2.15. The molecule has 0 fully saturated rings. The molecule has 0 aliphatic carbocycles. The van der Waals surface area contributed by atoms with Crippen LogP contribution >= 0.6 is 23.3 Å². The van der Waals surface area contributed by atoms with Crippen LogP contribution in [0.25, 0.3) is 0 Å². The van der Waals surface area contributed by atoms with E-state index in [1.54, 1.807) is 0 Å². The normalized spacial score (nSPS) is 9.40. The SMILES string of the molecule is COC(=O)CSc1snc(OC)c1C#N. The Morgan fingerprint density at radius 1 is 1.67 bits per heavy atom. The van der Waals surface area contributed by atoms with E-state index >= 15 is 0 Å². The fourth-order valence-electron chi connectivity index (χ4n) is 0.776. The van der Waals surface area contributed by atoms with Crippen molar-refractivity contribution >= 4 is 29.3 Å². The van der Waals surface area contributed by atoms with Crippen LogP contribution in [-0.2, 0) is 9.53 Å². The molecule has 1 heterocycles. The number of thioether (sulfide) groups is 1. The summed E-state index contributed by atoms with van der Waals surface area (Å²) in [4.78, 5) is 10.9. The highest BCUT2D eigenvalue weighted by molar-refractivity contribution is 8.01. The molecule has 80 valence electrons. The molecule has 0 bridgehead atoms. The number of esters is 1. The number of hydrogen-bond acceptors (Lipinski definition) is 7. The molecule has 7 heteroatoms. The first-order valence-electron chi connectivity index (χ1n) is 3.86. The number of carbonyl (C=O) groups is 1. The van der Waals surface area contributed by atoms with Crippen molar-refractivity contribution in [3.05, 3.63) is 5.56 Å². The van der Waals surface area contributed by atoms with Crippen molar-refractivity contribution in [3.63, 3.8) is 0 Å². The van der Waals surface area contributed by atoms with Gasteiger partial charge in [0.25, 0.3) is 0 Å². The van der Waals surface area contributed by atoms with Crippen molar-refractivity contribution in [1.29, 1.82) is 5.26 Å². The van der Waals surface area contributed by atoms with Crippen LogP contribution in [0.3, 0.4) is 0 Å². The number of rotatable bonds is 4. The molecule has 0 aliphatic heterocycles. The van der Waals surface area contributed by atoms with Crippen LogP contribution in [0, 0.1) is 11.3 Å². The molecule has 1 aromatic rings. The first kappa shape index (κ1) is 11.8. The number of carbonyl (C=O) groups excluding carboxylic acids is 1. The van der Waals surface area contributed by atoms with Crippen LogP contribution in [0.4, 0.5) is 0 Å². The molecule has 0 saturated heterocycles. The number of aromatic nitrogens is 1. The van der Waals surface area contributed by atoms with Crippen LogP contribution in [-0.4, -0.2) is 30.3 Å². The van der Waals surface area contributed by atoms with Gasteiger partial charge in [0, 0.05) is 0 Å². The lowest BCUT2D eigenvalue weighted by Gasteiger charge is -1.97. The van der Waals surface area contributed by atoms with E-state index < -0.39 is 0 Å². The summed E-state index contributed by atoms with van der Waals surface area (Å²) in [6.45, 7) is 0. The summed E-state index contributed by atoms with van der Waals surface area (Å²) < 4.78 is 14.0. The Labute approximate surface area is 95.2 Å². The number of nitriles is 1. The molecule has 0 atom stereocenters. The van der Waals surface area contributed by atoms with E-state index in [2.05, 4.69) is 9.11 Å². The van der Waals surface area contributed by atoms with Crippen LogP contribution in [0.1, 0.15) is 5.56 Å². The maximum atomic E-state index is 10.9. The molecule has 0 saturated carbocycles. The van der Waals surface area contributed by atoms with Gasteiger partial charge in [-0.25, -0.2) is 0 Å². The monoisotopic (exact) mass is 244 g/mol. The molecule has 1 aromatic heterocycles. The topological polar surface area (TPSA) is 72.2 Å². The van der Waals surface area contributed by atoms with Crippen molar-refractivity contribution < 1.29 is 14.3 Å². The highest BCUT2D eigenvalue weighted by atomic mass is 32.2. The molecular weight excluding hydrogens is 236 g/mol. The lowest BCUT2D eigenvalue weighted by Crippen LogP contribution is -2.02. The molecule has 0 spiro atoms. The minimum absolute atomic E-state index is 0.163. The van der Waals surface area contributed by atoms with Gasteiger partial charge in [-0.3, -0.25) is 4.79 Å². The summed E-state index contributed by atoms with van der Waals surface area (Å²) in [7, 11) is 2.77. The standard InChI is InChI=1S/C8H8N2O3S2/c1-12-6(11)4-14-8-5(3-9)7(13-2)10-15-8/h4H2,1-2H3. The summed E-state index contributed by atoms with van der Waals surface area (Å²) in [5.41, 5.74) is 0.372. The highest BCUT2D eigenvalue weighted by Crippen LogP contribution is 2.32. The van der Waals surface area contributed by atoms with Crippen molar-refractivity contribution in [1.82, 2.24) is 4.37 Å². The molecule has 0 aromatic carbocycles. The predicted molar refractivity (Wildman–Crippen MR) is 56.1 cm³/mol. The van der Waals surface area contributed by atoms with E-state index in [1.807, 2.05) is 6.07 Å². The van der Waals surface area contributed by atoms with Gasteiger partial charge in [0.05, 0.1) is 20.0 Å². The van der Waals surface area contributed by atoms with E-state index in [0.29, 0.717) is 15.7 Å². The molecule has 0 radical (unpaired) electrons. The Morgan fingerprint density at radius 2 is 2.40 bits per heavy atom. The average molecular weight is 244 g/mol. The fraction of sp³-hybridized carbons (Fsp3) is 0.375. The molecule has 1 rings (SSSR count). The second-order valence-electron chi connectivity index (χ2n) is 2.33. The van der Waals surface area contributed by atoms with Crippen LogP contribution < -0.4 is 4.74 Å². The zero-order valence-electron chi connectivity index (χ0n) is 8.14. The van der Waals surface area contributed by atoms with Gasteiger partial charge >= 0.3 is 5.97 Å². The third-order valence-electron chi connectivity index (χ3n) is 1.48. The second kappa shape index (κ2) is 5.58.